The smallest absolute Gasteiger partial charge is 0.0675 e. The first-order valence-corrected chi connectivity index (χ1v) is 7.29. The summed E-state index contributed by atoms with van der Waals surface area (Å²) < 4.78 is 7.73. The lowest BCUT2D eigenvalue weighted by molar-refractivity contribution is -0.0719. The average Bonchev–Trinajstić information content (AvgIpc) is 2.89. The third-order valence-corrected chi connectivity index (χ3v) is 3.97. The third-order valence-electron chi connectivity index (χ3n) is 3.97. The number of aromatic nitrogens is 2. The van der Waals surface area contributed by atoms with Crippen LogP contribution in [0, 0.1) is 0 Å². The first-order valence-electron chi connectivity index (χ1n) is 7.29. The fraction of sp³-hybridized carbons (Fsp3) is 0.786. The Morgan fingerprint density at radius 3 is 2.89 bits per heavy atom. The summed E-state index contributed by atoms with van der Waals surface area (Å²) in [5, 5.41) is 4.37. The van der Waals surface area contributed by atoms with Crippen LogP contribution < -0.4 is 5.73 Å². The average molecular weight is 266 g/mol. The largest absolute Gasteiger partial charge is 0.376 e. The molecule has 0 saturated carbocycles. The minimum Gasteiger partial charge on any atom is -0.376 e. The Labute approximate surface area is 115 Å². The van der Waals surface area contributed by atoms with E-state index < -0.39 is 0 Å². The highest BCUT2D eigenvalue weighted by Crippen LogP contribution is 2.26. The third kappa shape index (κ3) is 3.16. The molecule has 1 aromatic heterocycles. The summed E-state index contributed by atoms with van der Waals surface area (Å²) in [4.78, 5) is 2.49. The van der Waals surface area contributed by atoms with E-state index in [9.17, 15) is 0 Å². The van der Waals surface area contributed by atoms with Gasteiger partial charge >= 0.3 is 0 Å². The Morgan fingerprint density at radius 1 is 1.53 bits per heavy atom. The van der Waals surface area contributed by atoms with Gasteiger partial charge in [0, 0.05) is 37.4 Å². The summed E-state index contributed by atoms with van der Waals surface area (Å²) in [7, 11) is 0. The topological polar surface area (TPSA) is 56.3 Å². The summed E-state index contributed by atoms with van der Waals surface area (Å²) in [6.07, 6.45) is 5.43. The maximum Gasteiger partial charge on any atom is 0.0675 e. The van der Waals surface area contributed by atoms with Crippen molar-refractivity contribution in [3.63, 3.8) is 0 Å². The number of morpholine rings is 1. The van der Waals surface area contributed by atoms with Crippen LogP contribution >= 0.6 is 0 Å². The van der Waals surface area contributed by atoms with Crippen molar-refractivity contribution in [1.82, 2.24) is 14.7 Å². The molecule has 0 amide bonds. The lowest BCUT2D eigenvalue weighted by Crippen LogP contribution is -2.51. The lowest BCUT2D eigenvalue weighted by atomic mass is 10.0. The van der Waals surface area contributed by atoms with Crippen molar-refractivity contribution in [2.75, 3.05) is 19.7 Å². The Kier molecular flexibility index (Phi) is 4.96. The molecule has 5 heteroatoms. The molecule has 0 radical (unpaired) electrons. The van der Waals surface area contributed by atoms with Gasteiger partial charge in [-0.2, -0.15) is 5.10 Å². The minimum atomic E-state index is 0.247. The number of rotatable bonds is 5. The second kappa shape index (κ2) is 6.50. The van der Waals surface area contributed by atoms with Crippen molar-refractivity contribution in [3.05, 3.63) is 18.0 Å². The van der Waals surface area contributed by atoms with Crippen molar-refractivity contribution in [3.8, 4) is 0 Å². The van der Waals surface area contributed by atoms with Crippen LogP contribution in [-0.4, -0.2) is 46.5 Å². The van der Waals surface area contributed by atoms with E-state index in [0.29, 0.717) is 12.6 Å². The Hall–Kier alpha value is -0.910. The predicted molar refractivity (Wildman–Crippen MR) is 75.9 cm³/mol. The molecule has 2 N–H and O–H groups in total. The zero-order valence-corrected chi connectivity index (χ0v) is 12.2. The van der Waals surface area contributed by atoms with Gasteiger partial charge < -0.3 is 10.5 Å². The van der Waals surface area contributed by atoms with Crippen molar-refractivity contribution < 1.29 is 4.74 Å². The van der Waals surface area contributed by atoms with Crippen molar-refractivity contribution in [1.29, 1.82) is 0 Å². The van der Waals surface area contributed by atoms with Gasteiger partial charge in [0.25, 0.3) is 0 Å². The van der Waals surface area contributed by atoms with Gasteiger partial charge in [0.2, 0.25) is 0 Å². The molecule has 1 aliphatic rings. The highest BCUT2D eigenvalue weighted by molar-refractivity contribution is 5.12. The molecule has 0 aromatic carbocycles. The summed E-state index contributed by atoms with van der Waals surface area (Å²) in [6.45, 7) is 9.70. The van der Waals surface area contributed by atoms with Gasteiger partial charge in [0.15, 0.2) is 0 Å². The first kappa shape index (κ1) is 14.5. The molecule has 2 heterocycles. The molecular formula is C14H26N4O. The maximum atomic E-state index is 6.03. The van der Waals surface area contributed by atoms with Crippen LogP contribution in [0.5, 0.6) is 0 Å². The molecular weight excluding hydrogens is 240 g/mol. The fourth-order valence-electron chi connectivity index (χ4n) is 2.79. The van der Waals surface area contributed by atoms with E-state index >= 15 is 0 Å². The number of aryl methyl sites for hydroxylation is 1. The SMILES string of the molecule is CCC1COC(C)CN1C(CN)c1cnn(CC)c1. The van der Waals surface area contributed by atoms with Gasteiger partial charge in [-0.05, 0) is 20.3 Å². The second-order valence-corrected chi connectivity index (χ2v) is 5.28. The van der Waals surface area contributed by atoms with Crippen LogP contribution in [-0.2, 0) is 11.3 Å². The molecule has 1 saturated heterocycles. The zero-order valence-electron chi connectivity index (χ0n) is 12.2. The Balaban J connectivity index is 2.18. The van der Waals surface area contributed by atoms with E-state index in [2.05, 4.69) is 37.0 Å². The van der Waals surface area contributed by atoms with E-state index in [4.69, 9.17) is 10.5 Å². The number of hydrogen-bond donors (Lipinski definition) is 1. The molecule has 1 aromatic rings. The van der Waals surface area contributed by atoms with E-state index in [1.54, 1.807) is 0 Å². The van der Waals surface area contributed by atoms with Crippen molar-refractivity contribution in [2.24, 2.45) is 5.73 Å². The number of nitrogens with two attached hydrogens (primary N) is 1. The number of ether oxygens (including phenoxy) is 1. The summed E-state index contributed by atoms with van der Waals surface area (Å²) >= 11 is 0. The predicted octanol–water partition coefficient (Wildman–Crippen LogP) is 1.40. The van der Waals surface area contributed by atoms with Gasteiger partial charge in [-0.15, -0.1) is 0 Å². The van der Waals surface area contributed by atoms with Gasteiger partial charge in [-0.3, -0.25) is 9.58 Å². The summed E-state index contributed by atoms with van der Waals surface area (Å²) in [6, 6.07) is 0.700. The molecule has 3 unspecified atom stereocenters. The maximum absolute atomic E-state index is 6.03. The highest BCUT2D eigenvalue weighted by Gasteiger charge is 2.31. The second-order valence-electron chi connectivity index (χ2n) is 5.28. The van der Waals surface area contributed by atoms with Crippen LogP contribution in [0.4, 0.5) is 0 Å². The van der Waals surface area contributed by atoms with Crippen LogP contribution in [0.15, 0.2) is 12.4 Å². The van der Waals surface area contributed by atoms with Crippen LogP contribution in [0.25, 0.3) is 0 Å². The Morgan fingerprint density at radius 2 is 2.32 bits per heavy atom. The summed E-state index contributed by atoms with van der Waals surface area (Å²) in [5.74, 6) is 0. The van der Waals surface area contributed by atoms with Crippen molar-refractivity contribution >= 4 is 0 Å². The van der Waals surface area contributed by atoms with E-state index in [1.807, 2.05) is 10.9 Å². The normalized spacial score (nSPS) is 26.5. The van der Waals surface area contributed by atoms with Crippen LogP contribution in [0.1, 0.15) is 38.8 Å². The molecule has 19 heavy (non-hydrogen) atoms. The standard InChI is InChI=1S/C14H26N4O/c1-4-13-10-19-11(3)8-18(13)14(6-15)12-7-16-17(5-2)9-12/h7,9,11,13-14H,4-6,8,10,15H2,1-3H3. The quantitative estimate of drug-likeness (QED) is 0.875. The molecule has 5 nitrogen and oxygen atoms in total. The molecule has 1 aliphatic heterocycles. The molecule has 0 spiro atoms. The van der Waals surface area contributed by atoms with E-state index in [-0.39, 0.29) is 12.1 Å². The van der Waals surface area contributed by atoms with Crippen LogP contribution in [0.3, 0.4) is 0 Å². The van der Waals surface area contributed by atoms with Crippen molar-refractivity contribution in [2.45, 2.75) is 51.9 Å². The van der Waals surface area contributed by atoms with E-state index in [0.717, 1.165) is 26.1 Å². The molecule has 0 bridgehead atoms. The number of hydrogen-bond acceptors (Lipinski definition) is 4. The number of nitrogens with zero attached hydrogens (tertiary/aromatic N) is 3. The Bertz CT molecular complexity index is 393. The van der Waals surface area contributed by atoms with Crippen LogP contribution in [0.2, 0.25) is 0 Å². The van der Waals surface area contributed by atoms with Gasteiger partial charge in [0.1, 0.15) is 0 Å². The molecule has 2 rings (SSSR count). The van der Waals surface area contributed by atoms with Gasteiger partial charge in [-0.1, -0.05) is 6.92 Å². The highest BCUT2D eigenvalue weighted by atomic mass is 16.5. The summed E-state index contributed by atoms with van der Waals surface area (Å²) in [5.41, 5.74) is 7.25. The molecule has 0 aliphatic carbocycles. The zero-order chi connectivity index (χ0) is 13.8. The molecule has 1 fully saturated rings. The monoisotopic (exact) mass is 266 g/mol. The van der Waals surface area contributed by atoms with Gasteiger partial charge in [-0.25, -0.2) is 0 Å². The van der Waals surface area contributed by atoms with Gasteiger partial charge in [0.05, 0.1) is 24.9 Å². The minimum absolute atomic E-state index is 0.247. The lowest BCUT2D eigenvalue weighted by Gasteiger charge is -2.42. The first-order chi connectivity index (χ1) is 9.19. The molecule has 3 atom stereocenters. The molecule has 108 valence electrons. The van der Waals surface area contributed by atoms with E-state index in [1.165, 1.54) is 5.56 Å². The fourth-order valence-corrected chi connectivity index (χ4v) is 2.79.